The van der Waals surface area contributed by atoms with Crippen LogP contribution in [-0.2, 0) is 13.0 Å². The molecule has 0 fully saturated rings. The number of nitrogens with zero attached hydrogens (tertiary/aromatic N) is 1. The van der Waals surface area contributed by atoms with Crippen molar-refractivity contribution in [3.05, 3.63) is 47.0 Å². The number of aromatic hydroxyl groups is 2. The molecule has 128 valence electrons. The molecular formula is C19H23NO4. The van der Waals surface area contributed by atoms with Gasteiger partial charge in [0.25, 0.3) is 0 Å². The van der Waals surface area contributed by atoms with E-state index in [0.717, 1.165) is 23.2 Å². The minimum atomic E-state index is 0.175. The number of phenols is 2. The molecule has 1 heterocycles. The Bertz CT molecular complexity index is 744. The number of para-hydroxylation sites is 1. The summed E-state index contributed by atoms with van der Waals surface area (Å²) in [7, 11) is 5.13. The van der Waals surface area contributed by atoms with Crippen molar-refractivity contribution in [1.82, 2.24) is 4.90 Å². The smallest absolute Gasteiger partial charge is 0.162 e. The van der Waals surface area contributed by atoms with Crippen molar-refractivity contribution in [2.75, 3.05) is 27.8 Å². The second-order valence-corrected chi connectivity index (χ2v) is 6.25. The van der Waals surface area contributed by atoms with Gasteiger partial charge >= 0.3 is 0 Å². The highest BCUT2D eigenvalue weighted by atomic mass is 16.5. The van der Waals surface area contributed by atoms with Crippen molar-refractivity contribution in [3.8, 4) is 23.0 Å². The fraction of sp³-hybridized carbons (Fsp3) is 0.368. The molecule has 0 radical (unpaired) electrons. The summed E-state index contributed by atoms with van der Waals surface area (Å²) in [5.41, 5.74) is 2.85. The van der Waals surface area contributed by atoms with Crippen LogP contribution in [0.25, 0.3) is 0 Å². The zero-order valence-corrected chi connectivity index (χ0v) is 14.2. The van der Waals surface area contributed by atoms with E-state index in [1.807, 2.05) is 25.2 Å². The molecule has 1 aliphatic rings. The number of phenolic OH excluding ortho intramolecular Hbond substituents is 2. The van der Waals surface area contributed by atoms with Gasteiger partial charge < -0.3 is 24.6 Å². The minimum Gasteiger partial charge on any atom is -0.504 e. The molecule has 0 unspecified atom stereocenters. The molecule has 1 atom stereocenters. The Morgan fingerprint density at radius 2 is 1.75 bits per heavy atom. The standard InChI is InChI=1S/C19H23NO4/c1-20-10-13(9-12-5-4-6-16(23-2)18(12)21)14-7-8-17(24-3)19(22)15(14)11-20/h4-8,13,21-22H,9-11H2,1-3H3/t13-/m1/s1. The van der Waals surface area contributed by atoms with Crippen molar-refractivity contribution < 1.29 is 19.7 Å². The zero-order valence-electron chi connectivity index (χ0n) is 14.2. The van der Waals surface area contributed by atoms with Crippen LogP contribution in [0.3, 0.4) is 0 Å². The van der Waals surface area contributed by atoms with E-state index in [4.69, 9.17) is 9.47 Å². The van der Waals surface area contributed by atoms with E-state index in [1.165, 1.54) is 0 Å². The van der Waals surface area contributed by atoms with Gasteiger partial charge in [-0.25, -0.2) is 0 Å². The summed E-state index contributed by atoms with van der Waals surface area (Å²) < 4.78 is 10.4. The number of ether oxygens (including phenoxy) is 2. The summed E-state index contributed by atoms with van der Waals surface area (Å²) in [4.78, 5) is 2.17. The zero-order chi connectivity index (χ0) is 17.3. The van der Waals surface area contributed by atoms with E-state index in [1.54, 1.807) is 26.4 Å². The first-order valence-electron chi connectivity index (χ1n) is 7.97. The van der Waals surface area contributed by atoms with Crippen molar-refractivity contribution in [2.24, 2.45) is 0 Å². The highest BCUT2D eigenvalue weighted by molar-refractivity contribution is 5.53. The average molecular weight is 329 g/mol. The van der Waals surface area contributed by atoms with Gasteiger partial charge in [0.15, 0.2) is 23.0 Å². The predicted molar refractivity (Wildman–Crippen MR) is 92.1 cm³/mol. The highest BCUT2D eigenvalue weighted by Gasteiger charge is 2.28. The number of rotatable bonds is 4. The maximum absolute atomic E-state index is 10.5. The minimum absolute atomic E-state index is 0.175. The van der Waals surface area contributed by atoms with Crippen molar-refractivity contribution >= 4 is 0 Å². The van der Waals surface area contributed by atoms with Crippen molar-refractivity contribution in [1.29, 1.82) is 0 Å². The summed E-state index contributed by atoms with van der Waals surface area (Å²) in [6, 6.07) is 9.36. The summed E-state index contributed by atoms with van der Waals surface area (Å²) in [6.07, 6.45) is 0.673. The van der Waals surface area contributed by atoms with Crippen LogP contribution in [0.15, 0.2) is 30.3 Å². The van der Waals surface area contributed by atoms with E-state index in [-0.39, 0.29) is 17.4 Å². The Balaban J connectivity index is 1.98. The molecule has 2 N–H and O–H groups in total. The third kappa shape index (κ3) is 2.87. The second kappa shape index (κ2) is 6.61. The van der Waals surface area contributed by atoms with Crippen LogP contribution in [0.1, 0.15) is 22.6 Å². The average Bonchev–Trinajstić information content (AvgIpc) is 2.57. The topological polar surface area (TPSA) is 62.2 Å². The SMILES string of the molecule is COc1cccc(C[C@@H]2CN(C)Cc3c2ccc(OC)c3O)c1O. The Hall–Kier alpha value is -2.40. The van der Waals surface area contributed by atoms with Gasteiger partial charge in [0.2, 0.25) is 0 Å². The number of benzene rings is 2. The summed E-state index contributed by atoms with van der Waals surface area (Å²) in [5, 5.41) is 20.8. The van der Waals surface area contributed by atoms with Crippen molar-refractivity contribution in [3.63, 3.8) is 0 Å². The molecule has 0 saturated carbocycles. The summed E-state index contributed by atoms with van der Waals surface area (Å²) in [5.74, 6) is 1.55. The van der Waals surface area contributed by atoms with E-state index in [0.29, 0.717) is 24.5 Å². The molecule has 0 aromatic heterocycles. The van der Waals surface area contributed by atoms with E-state index in [9.17, 15) is 10.2 Å². The molecular weight excluding hydrogens is 306 g/mol. The highest BCUT2D eigenvalue weighted by Crippen LogP contribution is 2.41. The van der Waals surface area contributed by atoms with Gasteiger partial charge in [0, 0.05) is 24.6 Å². The molecule has 0 amide bonds. The van der Waals surface area contributed by atoms with Gasteiger partial charge in [0.1, 0.15) is 0 Å². The van der Waals surface area contributed by atoms with Crippen LogP contribution in [0, 0.1) is 0 Å². The van der Waals surface area contributed by atoms with Crippen LogP contribution in [0.5, 0.6) is 23.0 Å². The third-order valence-corrected chi connectivity index (χ3v) is 4.67. The van der Waals surface area contributed by atoms with Gasteiger partial charge in [-0.15, -0.1) is 0 Å². The van der Waals surface area contributed by atoms with Gasteiger partial charge in [-0.3, -0.25) is 0 Å². The van der Waals surface area contributed by atoms with Crippen LogP contribution in [0.4, 0.5) is 0 Å². The number of fused-ring (bicyclic) bond motifs is 1. The molecule has 0 saturated heterocycles. The van der Waals surface area contributed by atoms with E-state index >= 15 is 0 Å². The predicted octanol–water partition coefficient (Wildman–Crippen LogP) is 2.89. The number of methoxy groups -OCH3 is 2. The number of likely N-dealkylation sites (N-methyl/N-ethyl adjacent to an activating group) is 1. The summed E-state index contributed by atoms with van der Waals surface area (Å²) >= 11 is 0. The first-order chi connectivity index (χ1) is 11.5. The fourth-order valence-corrected chi connectivity index (χ4v) is 3.49. The number of hydrogen-bond acceptors (Lipinski definition) is 5. The first-order valence-corrected chi connectivity index (χ1v) is 7.97. The molecule has 0 bridgehead atoms. The lowest BCUT2D eigenvalue weighted by molar-refractivity contribution is 0.269. The molecule has 2 aromatic rings. The molecule has 1 aliphatic heterocycles. The van der Waals surface area contributed by atoms with Crippen molar-refractivity contribution in [2.45, 2.75) is 18.9 Å². The van der Waals surface area contributed by atoms with Crippen LogP contribution < -0.4 is 9.47 Å². The van der Waals surface area contributed by atoms with E-state index in [2.05, 4.69) is 4.90 Å². The maximum atomic E-state index is 10.5. The largest absolute Gasteiger partial charge is 0.504 e. The molecule has 24 heavy (non-hydrogen) atoms. The summed E-state index contributed by atoms with van der Waals surface area (Å²) in [6.45, 7) is 1.54. The molecule has 2 aromatic carbocycles. The van der Waals surface area contributed by atoms with Gasteiger partial charge in [0.05, 0.1) is 14.2 Å². The van der Waals surface area contributed by atoms with Gasteiger partial charge in [-0.2, -0.15) is 0 Å². The molecule has 0 aliphatic carbocycles. The molecule has 0 spiro atoms. The quantitative estimate of drug-likeness (QED) is 0.903. The molecule has 5 heteroatoms. The lowest BCUT2D eigenvalue weighted by atomic mass is 9.84. The fourth-order valence-electron chi connectivity index (χ4n) is 3.49. The lowest BCUT2D eigenvalue weighted by Crippen LogP contribution is -2.31. The van der Waals surface area contributed by atoms with Crippen LogP contribution in [-0.4, -0.2) is 42.9 Å². The Morgan fingerprint density at radius 1 is 1.04 bits per heavy atom. The number of hydrogen-bond donors (Lipinski definition) is 2. The first kappa shape index (κ1) is 16.5. The van der Waals surface area contributed by atoms with Gasteiger partial charge in [-0.1, -0.05) is 18.2 Å². The second-order valence-electron chi connectivity index (χ2n) is 6.25. The van der Waals surface area contributed by atoms with E-state index < -0.39 is 0 Å². The van der Waals surface area contributed by atoms with Gasteiger partial charge in [-0.05, 0) is 36.7 Å². The Labute approximate surface area is 142 Å². The molecule has 5 nitrogen and oxygen atoms in total. The third-order valence-electron chi connectivity index (χ3n) is 4.67. The Kier molecular flexibility index (Phi) is 4.53. The normalized spacial score (nSPS) is 17.4. The lowest BCUT2D eigenvalue weighted by Gasteiger charge is -2.33. The monoisotopic (exact) mass is 329 g/mol. The van der Waals surface area contributed by atoms with Crippen LogP contribution >= 0.6 is 0 Å². The maximum Gasteiger partial charge on any atom is 0.162 e. The Morgan fingerprint density at radius 3 is 2.46 bits per heavy atom. The molecule has 3 rings (SSSR count). The van der Waals surface area contributed by atoms with Crippen LogP contribution in [0.2, 0.25) is 0 Å².